The third-order valence-corrected chi connectivity index (χ3v) is 2.86. The highest BCUT2D eigenvalue weighted by molar-refractivity contribution is 5.53. The third kappa shape index (κ3) is 2.71. The van der Waals surface area contributed by atoms with E-state index in [-0.39, 0.29) is 17.3 Å². The van der Waals surface area contributed by atoms with Gasteiger partial charge in [0.2, 0.25) is 5.88 Å². The first kappa shape index (κ1) is 13.9. The SMILES string of the molecule is Cn1cc(-c2nccc(Oc3cc(N)c(F)cc3F)n2)cn1. The number of hydrogen-bond donors (Lipinski definition) is 1. The van der Waals surface area contributed by atoms with Crippen molar-refractivity contribution < 1.29 is 13.5 Å². The Morgan fingerprint density at radius 3 is 2.77 bits per heavy atom. The molecule has 0 bridgehead atoms. The van der Waals surface area contributed by atoms with Gasteiger partial charge in [0.25, 0.3) is 0 Å². The van der Waals surface area contributed by atoms with Crippen LogP contribution in [0.4, 0.5) is 14.5 Å². The molecule has 0 spiro atoms. The van der Waals surface area contributed by atoms with Gasteiger partial charge in [0.1, 0.15) is 5.82 Å². The number of benzene rings is 1. The van der Waals surface area contributed by atoms with E-state index >= 15 is 0 Å². The van der Waals surface area contributed by atoms with Gasteiger partial charge < -0.3 is 10.5 Å². The third-order valence-electron chi connectivity index (χ3n) is 2.86. The predicted octanol–water partition coefficient (Wildman–Crippen LogP) is 2.53. The van der Waals surface area contributed by atoms with Crippen molar-refractivity contribution in [1.82, 2.24) is 19.7 Å². The fraction of sp³-hybridized carbons (Fsp3) is 0.0714. The van der Waals surface area contributed by atoms with Gasteiger partial charge >= 0.3 is 0 Å². The van der Waals surface area contributed by atoms with Crippen LogP contribution in [0, 0.1) is 11.6 Å². The van der Waals surface area contributed by atoms with Gasteiger partial charge in [0.05, 0.1) is 17.4 Å². The molecule has 0 fully saturated rings. The van der Waals surface area contributed by atoms with E-state index in [0.717, 1.165) is 6.07 Å². The van der Waals surface area contributed by atoms with Crippen LogP contribution in [-0.2, 0) is 7.05 Å². The fourth-order valence-electron chi connectivity index (χ4n) is 1.81. The summed E-state index contributed by atoms with van der Waals surface area (Å²) in [6.45, 7) is 0. The molecule has 1 aromatic carbocycles. The van der Waals surface area contributed by atoms with E-state index in [1.807, 2.05) is 0 Å². The number of halogens is 2. The Hall–Kier alpha value is -3.03. The van der Waals surface area contributed by atoms with Crippen LogP contribution >= 0.6 is 0 Å². The van der Waals surface area contributed by atoms with E-state index < -0.39 is 11.6 Å². The van der Waals surface area contributed by atoms with Crippen LogP contribution in [0.3, 0.4) is 0 Å². The summed E-state index contributed by atoms with van der Waals surface area (Å²) in [5.41, 5.74) is 5.88. The van der Waals surface area contributed by atoms with Gasteiger partial charge in [-0.25, -0.2) is 13.8 Å². The number of nitrogen functional groups attached to an aromatic ring is 1. The fourth-order valence-corrected chi connectivity index (χ4v) is 1.81. The molecular formula is C14H11F2N5O. The van der Waals surface area contributed by atoms with Crippen molar-refractivity contribution in [3.63, 3.8) is 0 Å². The van der Waals surface area contributed by atoms with Crippen LogP contribution in [0.1, 0.15) is 0 Å². The molecule has 0 atom stereocenters. The van der Waals surface area contributed by atoms with E-state index in [2.05, 4.69) is 15.1 Å². The summed E-state index contributed by atoms with van der Waals surface area (Å²) in [6.07, 6.45) is 4.79. The van der Waals surface area contributed by atoms with Crippen molar-refractivity contribution in [1.29, 1.82) is 0 Å². The van der Waals surface area contributed by atoms with Gasteiger partial charge in [-0.1, -0.05) is 0 Å². The Bertz CT molecular complexity index is 834. The molecule has 22 heavy (non-hydrogen) atoms. The number of ether oxygens (including phenoxy) is 1. The van der Waals surface area contributed by atoms with E-state index in [1.165, 1.54) is 12.3 Å². The zero-order valence-electron chi connectivity index (χ0n) is 11.5. The molecule has 0 saturated heterocycles. The minimum atomic E-state index is -0.867. The average molecular weight is 303 g/mol. The average Bonchev–Trinajstić information content (AvgIpc) is 2.92. The van der Waals surface area contributed by atoms with Crippen LogP contribution in [0.2, 0.25) is 0 Å². The molecule has 0 aliphatic heterocycles. The van der Waals surface area contributed by atoms with Crippen molar-refractivity contribution in [3.8, 4) is 23.0 Å². The van der Waals surface area contributed by atoms with Crippen molar-refractivity contribution in [3.05, 3.63) is 48.4 Å². The molecule has 8 heteroatoms. The molecule has 3 aromatic rings. The van der Waals surface area contributed by atoms with Crippen molar-refractivity contribution in [2.45, 2.75) is 0 Å². The highest BCUT2D eigenvalue weighted by Crippen LogP contribution is 2.27. The number of anilines is 1. The Labute approximate surface area is 124 Å². The Kier molecular flexibility index (Phi) is 3.42. The summed E-state index contributed by atoms with van der Waals surface area (Å²) in [5, 5.41) is 4.02. The van der Waals surface area contributed by atoms with E-state index in [4.69, 9.17) is 10.5 Å². The number of rotatable bonds is 3. The summed E-state index contributed by atoms with van der Waals surface area (Å²) in [6, 6.07) is 3.18. The monoisotopic (exact) mass is 303 g/mol. The Balaban J connectivity index is 1.92. The molecule has 0 amide bonds. The van der Waals surface area contributed by atoms with Gasteiger partial charge in [-0.3, -0.25) is 4.68 Å². The number of aryl methyl sites for hydroxylation is 1. The van der Waals surface area contributed by atoms with Gasteiger partial charge in [-0.2, -0.15) is 10.1 Å². The molecular weight excluding hydrogens is 292 g/mol. The first-order valence-electron chi connectivity index (χ1n) is 6.27. The summed E-state index contributed by atoms with van der Waals surface area (Å²) >= 11 is 0. The smallest absolute Gasteiger partial charge is 0.222 e. The number of nitrogens with two attached hydrogens (primary N) is 1. The van der Waals surface area contributed by atoms with Crippen LogP contribution in [0.15, 0.2) is 36.8 Å². The van der Waals surface area contributed by atoms with Crippen LogP contribution in [0.25, 0.3) is 11.4 Å². The first-order chi connectivity index (χ1) is 10.5. The quantitative estimate of drug-likeness (QED) is 0.752. The minimum absolute atomic E-state index is 0.110. The molecule has 2 heterocycles. The zero-order valence-corrected chi connectivity index (χ0v) is 11.5. The topological polar surface area (TPSA) is 78.9 Å². The lowest BCUT2D eigenvalue weighted by Gasteiger charge is -2.07. The van der Waals surface area contributed by atoms with E-state index in [0.29, 0.717) is 17.5 Å². The second kappa shape index (κ2) is 5.40. The minimum Gasteiger partial charge on any atom is -0.436 e. The molecule has 2 aromatic heterocycles. The summed E-state index contributed by atoms with van der Waals surface area (Å²) < 4.78 is 33.7. The first-order valence-corrected chi connectivity index (χ1v) is 6.27. The van der Waals surface area contributed by atoms with Crippen LogP contribution in [0.5, 0.6) is 11.6 Å². The molecule has 3 rings (SSSR count). The summed E-state index contributed by atoms with van der Waals surface area (Å²) in [4.78, 5) is 8.25. The lowest BCUT2D eigenvalue weighted by Crippen LogP contribution is -1.97. The summed E-state index contributed by atoms with van der Waals surface area (Å²) in [5.74, 6) is -1.44. The van der Waals surface area contributed by atoms with Gasteiger partial charge in [0, 0.05) is 37.6 Å². The van der Waals surface area contributed by atoms with E-state index in [1.54, 1.807) is 24.1 Å². The van der Waals surface area contributed by atoms with Crippen molar-refractivity contribution in [2.75, 3.05) is 5.73 Å². The van der Waals surface area contributed by atoms with Crippen molar-refractivity contribution >= 4 is 5.69 Å². The predicted molar refractivity (Wildman–Crippen MR) is 75.1 cm³/mol. The molecule has 2 N–H and O–H groups in total. The van der Waals surface area contributed by atoms with Gasteiger partial charge in [-0.15, -0.1) is 0 Å². The van der Waals surface area contributed by atoms with Crippen molar-refractivity contribution in [2.24, 2.45) is 7.05 Å². The molecule has 112 valence electrons. The molecule has 0 radical (unpaired) electrons. The van der Waals surface area contributed by atoms with Gasteiger partial charge in [0.15, 0.2) is 17.4 Å². The normalized spacial score (nSPS) is 10.7. The highest BCUT2D eigenvalue weighted by atomic mass is 19.1. The number of nitrogens with zero attached hydrogens (tertiary/aromatic N) is 4. The second-order valence-electron chi connectivity index (χ2n) is 4.53. The molecule has 0 aliphatic rings. The molecule has 0 aliphatic carbocycles. The standard InChI is InChI=1S/C14H11F2N5O/c1-21-7-8(6-19-21)14-18-3-2-13(20-14)22-12-5-11(17)9(15)4-10(12)16/h2-7H,17H2,1H3. The second-order valence-corrected chi connectivity index (χ2v) is 4.53. The van der Waals surface area contributed by atoms with Gasteiger partial charge in [-0.05, 0) is 0 Å². The molecule has 0 unspecified atom stereocenters. The van der Waals surface area contributed by atoms with Crippen LogP contribution in [-0.4, -0.2) is 19.7 Å². The molecule has 0 saturated carbocycles. The maximum atomic E-state index is 13.7. The lowest BCUT2D eigenvalue weighted by molar-refractivity contribution is 0.424. The Morgan fingerprint density at radius 2 is 2.05 bits per heavy atom. The zero-order chi connectivity index (χ0) is 15.7. The number of hydrogen-bond acceptors (Lipinski definition) is 5. The highest BCUT2D eigenvalue weighted by Gasteiger charge is 2.12. The van der Waals surface area contributed by atoms with Crippen LogP contribution < -0.4 is 10.5 Å². The largest absolute Gasteiger partial charge is 0.436 e. The van der Waals surface area contributed by atoms with E-state index in [9.17, 15) is 8.78 Å². The number of aromatic nitrogens is 4. The lowest BCUT2D eigenvalue weighted by atomic mass is 10.3. The Morgan fingerprint density at radius 1 is 1.23 bits per heavy atom. The maximum Gasteiger partial charge on any atom is 0.222 e. The molecule has 6 nitrogen and oxygen atoms in total. The maximum absolute atomic E-state index is 13.7. The summed E-state index contributed by atoms with van der Waals surface area (Å²) in [7, 11) is 1.76.